The van der Waals surface area contributed by atoms with Crippen molar-refractivity contribution in [2.75, 3.05) is 43.9 Å². The number of ether oxygens (including phenoxy) is 1. The molecule has 5 N–H and O–H groups in total. The molecule has 0 unspecified atom stereocenters. The normalized spacial score (nSPS) is 23.4. The molecule has 0 aliphatic carbocycles. The minimum absolute atomic E-state index is 0.154. The molecule has 3 rings (SSSR count). The van der Waals surface area contributed by atoms with Gasteiger partial charge in [0.05, 0.1) is 48.4 Å². The molecule has 2 aromatic heterocycles. The molecule has 1 aliphatic heterocycles. The standard InChI is InChI=1S/C12H17N5O7S.C6H15N/c18-3-6-8(19)9(20)12(24-6)17-5-16-7-10(14-4-15-11(7)17)13-1-2-25(21,22)23;1-4-7(5-2)6-3/h4-6,8-9,12,18-20H,1-3H2,(H,13,14,15)(H,21,22,23);4-6H2,1-3H3/t6-,8-,9-,12-;/m1./s1. The van der Waals surface area contributed by atoms with Crippen LogP contribution >= 0.6 is 0 Å². The van der Waals surface area contributed by atoms with Crippen molar-refractivity contribution in [3.05, 3.63) is 12.7 Å². The minimum Gasteiger partial charge on any atom is -0.748 e. The van der Waals surface area contributed by atoms with E-state index in [1.807, 2.05) is 0 Å². The highest BCUT2D eigenvalue weighted by molar-refractivity contribution is 7.85. The van der Waals surface area contributed by atoms with Crippen molar-refractivity contribution in [2.24, 2.45) is 0 Å². The molecule has 3 heterocycles. The van der Waals surface area contributed by atoms with E-state index in [4.69, 9.17) is 9.84 Å². The lowest BCUT2D eigenvalue weighted by Gasteiger charge is -2.16. The molecule has 2 aromatic rings. The third-order valence-electron chi connectivity index (χ3n) is 5.29. The lowest BCUT2D eigenvalue weighted by atomic mass is 10.1. The Bertz CT molecular complexity index is 947. The smallest absolute Gasteiger partial charge is 0.167 e. The highest BCUT2D eigenvalue weighted by Gasteiger charge is 2.44. The summed E-state index contributed by atoms with van der Waals surface area (Å²) in [6.07, 6.45) is -2.02. The van der Waals surface area contributed by atoms with Gasteiger partial charge in [0.15, 0.2) is 23.2 Å². The zero-order valence-electron chi connectivity index (χ0n) is 18.4. The fraction of sp³-hybridized carbons (Fsp3) is 0.722. The number of aromatic nitrogens is 4. The van der Waals surface area contributed by atoms with Crippen molar-refractivity contribution in [3.8, 4) is 0 Å². The number of hydrogen-bond acceptors (Lipinski definition) is 11. The molecule has 0 amide bonds. The maximum atomic E-state index is 10.7. The molecular weight excluding hydrogens is 444 g/mol. The van der Waals surface area contributed by atoms with Crippen molar-refractivity contribution >= 4 is 27.1 Å². The molecule has 0 aromatic carbocycles. The highest BCUT2D eigenvalue weighted by atomic mass is 32.2. The number of aliphatic hydroxyl groups is 3. The third kappa shape index (κ3) is 6.54. The average molecular weight is 477 g/mol. The number of hydrogen-bond donors (Lipinski definition) is 5. The van der Waals surface area contributed by atoms with Gasteiger partial charge < -0.3 is 34.8 Å². The molecule has 1 aliphatic rings. The predicted octanol–water partition coefficient (Wildman–Crippen LogP) is -2.67. The molecule has 0 spiro atoms. The van der Waals surface area contributed by atoms with Gasteiger partial charge >= 0.3 is 0 Å². The number of fused-ring (bicyclic) bond motifs is 1. The van der Waals surface area contributed by atoms with Gasteiger partial charge in [0.1, 0.15) is 24.6 Å². The molecule has 4 atom stereocenters. The Morgan fingerprint density at radius 1 is 1.16 bits per heavy atom. The van der Waals surface area contributed by atoms with Crippen LogP contribution < -0.4 is 10.2 Å². The Hall–Kier alpha value is -1.94. The summed E-state index contributed by atoms with van der Waals surface area (Å²) in [5.41, 5.74) is 0.529. The van der Waals surface area contributed by atoms with E-state index in [-0.39, 0.29) is 23.5 Å². The molecule has 32 heavy (non-hydrogen) atoms. The Balaban J connectivity index is 0.000000451. The van der Waals surface area contributed by atoms with Crippen molar-refractivity contribution in [1.29, 1.82) is 0 Å². The Morgan fingerprint density at radius 3 is 2.31 bits per heavy atom. The molecule has 14 heteroatoms. The van der Waals surface area contributed by atoms with E-state index < -0.39 is 47.0 Å². The van der Waals surface area contributed by atoms with Gasteiger partial charge in [-0.05, 0) is 20.8 Å². The highest BCUT2D eigenvalue weighted by Crippen LogP contribution is 2.31. The van der Waals surface area contributed by atoms with Gasteiger partial charge in [-0.15, -0.1) is 0 Å². The van der Waals surface area contributed by atoms with Gasteiger partial charge in [0.2, 0.25) is 0 Å². The van der Waals surface area contributed by atoms with Crippen LogP contribution in [-0.2, 0) is 14.9 Å². The summed E-state index contributed by atoms with van der Waals surface area (Å²) in [5.74, 6) is -0.409. The Morgan fingerprint density at radius 2 is 1.81 bits per heavy atom. The van der Waals surface area contributed by atoms with Crippen LogP contribution in [0.3, 0.4) is 0 Å². The lowest BCUT2D eigenvalue weighted by molar-refractivity contribution is -0.894. The van der Waals surface area contributed by atoms with Gasteiger partial charge in [-0.3, -0.25) is 4.57 Å². The van der Waals surface area contributed by atoms with Crippen LogP contribution in [0.2, 0.25) is 0 Å². The van der Waals surface area contributed by atoms with Gasteiger partial charge in [-0.25, -0.2) is 23.4 Å². The van der Waals surface area contributed by atoms with Gasteiger partial charge in [0, 0.05) is 6.54 Å². The fourth-order valence-electron chi connectivity index (χ4n) is 3.32. The van der Waals surface area contributed by atoms with Gasteiger partial charge in [0.25, 0.3) is 0 Å². The molecule has 1 saturated heterocycles. The van der Waals surface area contributed by atoms with Crippen molar-refractivity contribution < 1.29 is 37.9 Å². The van der Waals surface area contributed by atoms with E-state index in [1.165, 1.54) is 36.9 Å². The number of nitrogens with one attached hydrogen (secondary N) is 2. The summed E-state index contributed by atoms with van der Waals surface area (Å²) in [6, 6.07) is 0. The maximum absolute atomic E-state index is 10.7. The summed E-state index contributed by atoms with van der Waals surface area (Å²) >= 11 is 0. The number of imidazole rings is 1. The van der Waals surface area contributed by atoms with Crippen LogP contribution in [0.1, 0.15) is 27.0 Å². The monoisotopic (exact) mass is 476 g/mol. The van der Waals surface area contributed by atoms with E-state index in [1.54, 1.807) is 4.90 Å². The first-order valence-corrected chi connectivity index (χ1v) is 12.0. The average Bonchev–Trinajstić information content (AvgIpc) is 3.31. The van der Waals surface area contributed by atoms with Gasteiger partial charge in [-0.2, -0.15) is 0 Å². The zero-order valence-corrected chi connectivity index (χ0v) is 19.2. The first-order chi connectivity index (χ1) is 15.2. The fourth-order valence-corrected chi connectivity index (χ4v) is 3.67. The first-order valence-electron chi connectivity index (χ1n) is 10.5. The van der Waals surface area contributed by atoms with Gasteiger partial charge in [-0.1, -0.05) is 0 Å². The van der Waals surface area contributed by atoms with E-state index in [0.29, 0.717) is 0 Å². The minimum atomic E-state index is -4.36. The first kappa shape index (κ1) is 26.3. The molecule has 0 saturated carbocycles. The Labute approximate surface area is 186 Å². The maximum Gasteiger partial charge on any atom is 0.167 e. The van der Waals surface area contributed by atoms with Crippen molar-refractivity contribution in [1.82, 2.24) is 19.5 Å². The molecule has 0 radical (unpaired) electrons. The molecular formula is C18H32N6O7S. The molecule has 13 nitrogen and oxygen atoms in total. The summed E-state index contributed by atoms with van der Waals surface area (Å²) in [7, 11) is -4.36. The number of anilines is 1. The van der Waals surface area contributed by atoms with E-state index in [2.05, 4.69) is 41.0 Å². The number of rotatable bonds is 9. The second-order valence-electron chi connectivity index (χ2n) is 7.27. The topological polar surface area (TPSA) is 187 Å². The lowest BCUT2D eigenvalue weighted by Crippen LogP contribution is -3.11. The molecule has 1 fully saturated rings. The van der Waals surface area contributed by atoms with Crippen LogP contribution in [0.25, 0.3) is 11.2 Å². The zero-order chi connectivity index (χ0) is 23.9. The van der Waals surface area contributed by atoms with Crippen LogP contribution in [0.4, 0.5) is 5.82 Å². The summed E-state index contributed by atoms with van der Waals surface area (Å²) in [6.45, 7) is 9.87. The predicted molar refractivity (Wildman–Crippen MR) is 114 cm³/mol. The van der Waals surface area contributed by atoms with Crippen molar-refractivity contribution in [3.63, 3.8) is 0 Å². The van der Waals surface area contributed by atoms with Crippen LogP contribution in [0, 0.1) is 0 Å². The second-order valence-corrected chi connectivity index (χ2v) is 8.80. The second kappa shape index (κ2) is 11.8. The van der Waals surface area contributed by atoms with E-state index >= 15 is 0 Å². The number of quaternary nitrogens is 1. The van der Waals surface area contributed by atoms with E-state index in [9.17, 15) is 23.2 Å². The summed E-state index contributed by atoms with van der Waals surface area (Å²) in [5, 5.41) is 31.8. The van der Waals surface area contributed by atoms with Crippen molar-refractivity contribution in [2.45, 2.75) is 45.3 Å². The third-order valence-corrected chi connectivity index (χ3v) is 6.00. The SMILES string of the molecule is CC[NH+](CC)CC.O=S(=O)([O-])CCNc1ncnc2c1ncn2[C@@H]1O[C@H](CO)[C@@H](O)[C@H]1O. The Kier molecular flexibility index (Phi) is 9.69. The number of aliphatic hydroxyl groups excluding tert-OH is 3. The largest absolute Gasteiger partial charge is 0.748 e. The summed E-state index contributed by atoms with van der Waals surface area (Å²) < 4.78 is 38.8. The number of nitrogens with zero attached hydrogens (tertiary/aromatic N) is 4. The van der Waals surface area contributed by atoms with Crippen LogP contribution in [0.5, 0.6) is 0 Å². The van der Waals surface area contributed by atoms with E-state index in [0.717, 1.165) is 0 Å². The molecule has 0 bridgehead atoms. The van der Waals surface area contributed by atoms with Crippen LogP contribution in [0.15, 0.2) is 12.7 Å². The van der Waals surface area contributed by atoms with Crippen LogP contribution in [-0.4, -0.2) is 105 Å². The quantitative estimate of drug-likeness (QED) is 0.237. The molecule has 182 valence electrons. The summed E-state index contributed by atoms with van der Waals surface area (Å²) in [4.78, 5) is 13.8.